The Morgan fingerprint density at radius 2 is 2.00 bits per heavy atom. The molecule has 0 N–H and O–H groups in total. The normalized spacial score (nSPS) is 10.1. The first-order chi connectivity index (χ1) is 6.77. The largest absolute Gasteiger partial charge is 0.278 e. The van der Waals surface area contributed by atoms with Crippen LogP contribution in [0.3, 0.4) is 0 Å². The molecular weight excluding hydrogens is 176 g/mol. The van der Waals surface area contributed by atoms with Crippen molar-refractivity contribution in [2.24, 2.45) is 0 Å². The molecular formula is C11H10N2O. The molecule has 0 aliphatic heterocycles. The molecule has 1 heterocycles. The van der Waals surface area contributed by atoms with E-state index in [9.17, 15) is 4.79 Å². The minimum Gasteiger partial charge on any atom is -0.267 e. The number of aromatic nitrogens is 2. The molecule has 0 atom stereocenters. The van der Waals surface area contributed by atoms with Crippen molar-refractivity contribution in [3.05, 3.63) is 53.9 Å². The SMILES string of the molecule is Cc1cnn(C(=O)c2ccccc2)c1. The Labute approximate surface area is 82.0 Å². The highest BCUT2D eigenvalue weighted by Crippen LogP contribution is 2.03. The summed E-state index contributed by atoms with van der Waals surface area (Å²) in [6.45, 7) is 1.90. The second-order valence-corrected chi connectivity index (χ2v) is 3.13. The Hall–Kier alpha value is -1.90. The maximum Gasteiger partial charge on any atom is 0.278 e. The second-order valence-electron chi connectivity index (χ2n) is 3.13. The number of hydrogen-bond donors (Lipinski definition) is 0. The van der Waals surface area contributed by atoms with Crippen LogP contribution in [0.1, 0.15) is 15.9 Å². The average Bonchev–Trinajstić information content (AvgIpc) is 2.65. The van der Waals surface area contributed by atoms with E-state index in [4.69, 9.17) is 0 Å². The van der Waals surface area contributed by atoms with Crippen LogP contribution in [-0.4, -0.2) is 15.7 Å². The van der Waals surface area contributed by atoms with E-state index in [1.165, 1.54) is 4.68 Å². The first kappa shape index (κ1) is 8.69. The molecule has 0 bridgehead atoms. The quantitative estimate of drug-likeness (QED) is 0.681. The molecule has 3 nitrogen and oxygen atoms in total. The zero-order valence-corrected chi connectivity index (χ0v) is 7.84. The Morgan fingerprint density at radius 1 is 1.29 bits per heavy atom. The van der Waals surface area contributed by atoms with E-state index in [1.54, 1.807) is 24.5 Å². The zero-order chi connectivity index (χ0) is 9.97. The molecule has 0 aliphatic carbocycles. The molecule has 0 aliphatic rings. The van der Waals surface area contributed by atoms with Gasteiger partial charge in [0.1, 0.15) is 0 Å². The fraction of sp³-hybridized carbons (Fsp3) is 0.0909. The van der Waals surface area contributed by atoms with Gasteiger partial charge in [-0.15, -0.1) is 0 Å². The summed E-state index contributed by atoms with van der Waals surface area (Å²) in [5.41, 5.74) is 1.63. The third-order valence-electron chi connectivity index (χ3n) is 1.94. The van der Waals surface area contributed by atoms with E-state index in [1.807, 2.05) is 25.1 Å². The summed E-state index contributed by atoms with van der Waals surface area (Å²) >= 11 is 0. The molecule has 0 saturated heterocycles. The van der Waals surface area contributed by atoms with Gasteiger partial charge in [0.05, 0.1) is 6.20 Å². The fourth-order valence-electron chi connectivity index (χ4n) is 1.24. The number of rotatable bonds is 1. The van der Waals surface area contributed by atoms with Crippen molar-refractivity contribution in [1.82, 2.24) is 9.78 Å². The van der Waals surface area contributed by atoms with Gasteiger partial charge in [0.2, 0.25) is 0 Å². The first-order valence-electron chi connectivity index (χ1n) is 4.38. The van der Waals surface area contributed by atoms with Crippen LogP contribution in [0.4, 0.5) is 0 Å². The highest BCUT2D eigenvalue weighted by Gasteiger charge is 2.07. The van der Waals surface area contributed by atoms with Gasteiger partial charge in [0, 0.05) is 11.8 Å². The molecule has 2 rings (SSSR count). The van der Waals surface area contributed by atoms with Gasteiger partial charge in [-0.3, -0.25) is 4.79 Å². The summed E-state index contributed by atoms with van der Waals surface area (Å²) in [7, 11) is 0. The van der Waals surface area contributed by atoms with Crippen LogP contribution in [-0.2, 0) is 0 Å². The molecule has 0 radical (unpaired) electrons. The number of hydrogen-bond acceptors (Lipinski definition) is 2. The molecule has 0 amide bonds. The van der Waals surface area contributed by atoms with Crippen LogP contribution in [0, 0.1) is 6.92 Å². The molecule has 1 aromatic heterocycles. The van der Waals surface area contributed by atoms with Crippen molar-refractivity contribution in [2.75, 3.05) is 0 Å². The summed E-state index contributed by atoms with van der Waals surface area (Å²) in [6, 6.07) is 9.11. The topological polar surface area (TPSA) is 34.9 Å². The number of benzene rings is 1. The van der Waals surface area contributed by atoms with Gasteiger partial charge < -0.3 is 0 Å². The van der Waals surface area contributed by atoms with E-state index in [-0.39, 0.29) is 5.91 Å². The van der Waals surface area contributed by atoms with Gasteiger partial charge in [-0.05, 0) is 24.6 Å². The molecule has 0 saturated carbocycles. The van der Waals surface area contributed by atoms with E-state index in [0.717, 1.165) is 5.56 Å². The summed E-state index contributed by atoms with van der Waals surface area (Å²) < 4.78 is 1.35. The number of aryl methyl sites for hydroxylation is 1. The molecule has 1 aromatic carbocycles. The molecule has 0 fully saturated rings. The molecule has 70 valence electrons. The van der Waals surface area contributed by atoms with Crippen molar-refractivity contribution in [2.45, 2.75) is 6.92 Å². The van der Waals surface area contributed by atoms with Gasteiger partial charge >= 0.3 is 0 Å². The maximum absolute atomic E-state index is 11.8. The van der Waals surface area contributed by atoms with Gasteiger partial charge in [-0.1, -0.05) is 18.2 Å². The Kier molecular flexibility index (Phi) is 2.14. The lowest BCUT2D eigenvalue weighted by molar-refractivity contribution is 0.0945. The minimum absolute atomic E-state index is 0.0984. The first-order valence-corrected chi connectivity index (χ1v) is 4.38. The molecule has 14 heavy (non-hydrogen) atoms. The predicted molar refractivity (Wildman–Crippen MR) is 53.1 cm³/mol. The molecule has 3 heteroatoms. The summed E-state index contributed by atoms with van der Waals surface area (Å²) in [6.07, 6.45) is 3.39. The average molecular weight is 186 g/mol. The molecule has 0 unspecified atom stereocenters. The van der Waals surface area contributed by atoms with Gasteiger partial charge in [0.15, 0.2) is 0 Å². The predicted octanol–water partition coefficient (Wildman–Crippen LogP) is 1.88. The van der Waals surface area contributed by atoms with Crippen LogP contribution < -0.4 is 0 Å². The van der Waals surface area contributed by atoms with Gasteiger partial charge in [-0.25, -0.2) is 4.68 Å². The summed E-state index contributed by atoms with van der Waals surface area (Å²) in [5.74, 6) is -0.0984. The standard InChI is InChI=1S/C11H10N2O/c1-9-7-12-13(8-9)11(14)10-5-3-2-4-6-10/h2-8H,1H3. The smallest absolute Gasteiger partial charge is 0.267 e. The van der Waals surface area contributed by atoms with E-state index in [2.05, 4.69) is 5.10 Å². The lowest BCUT2D eigenvalue weighted by atomic mass is 10.2. The highest BCUT2D eigenvalue weighted by molar-refractivity contribution is 5.95. The van der Waals surface area contributed by atoms with Crippen LogP contribution in [0.15, 0.2) is 42.7 Å². The van der Waals surface area contributed by atoms with Crippen molar-refractivity contribution in [3.63, 3.8) is 0 Å². The van der Waals surface area contributed by atoms with Crippen LogP contribution in [0.2, 0.25) is 0 Å². The lowest BCUT2D eigenvalue weighted by Gasteiger charge is -1.98. The number of nitrogens with zero attached hydrogens (tertiary/aromatic N) is 2. The van der Waals surface area contributed by atoms with Crippen molar-refractivity contribution < 1.29 is 4.79 Å². The van der Waals surface area contributed by atoms with E-state index in [0.29, 0.717) is 5.56 Å². The summed E-state index contributed by atoms with van der Waals surface area (Å²) in [4.78, 5) is 11.8. The van der Waals surface area contributed by atoms with E-state index >= 15 is 0 Å². The van der Waals surface area contributed by atoms with Crippen LogP contribution in [0.25, 0.3) is 0 Å². The van der Waals surface area contributed by atoms with Crippen molar-refractivity contribution >= 4 is 5.91 Å². The number of carbonyl (C=O) groups excluding carboxylic acids is 1. The molecule has 2 aromatic rings. The van der Waals surface area contributed by atoms with E-state index < -0.39 is 0 Å². The third kappa shape index (κ3) is 1.57. The Balaban J connectivity index is 2.34. The van der Waals surface area contributed by atoms with Gasteiger partial charge in [-0.2, -0.15) is 5.10 Å². The maximum atomic E-state index is 11.8. The Bertz CT molecular complexity index is 445. The van der Waals surface area contributed by atoms with Crippen molar-refractivity contribution in [3.8, 4) is 0 Å². The monoisotopic (exact) mass is 186 g/mol. The third-order valence-corrected chi connectivity index (χ3v) is 1.94. The lowest BCUT2D eigenvalue weighted by Crippen LogP contribution is -2.11. The number of carbonyl (C=O) groups is 1. The Morgan fingerprint density at radius 3 is 2.57 bits per heavy atom. The fourth-order valence-corrected chi connectivity index (χ4v) is 1.24. The molecule has 0 spiro atoms. The minimum atomic E-state index is -0.0984. The van der Waals surface area contributed by atoms with Crippen molar-refractivity contribution in [1.29, 1.82) is 0 Å². The van der Waals surface area contributed by atoms with Gasteiger partial charge in [0.25, 0.3) is 5.91 Å². The highest BCUT2D eigenvalue weighted by atomic mass is 16.2. The van der Waals surface area contributed by atoms with Crippen LogP contribution in [0.5, 0.6) is 0 Å². The zero-order valence-electron chi connectivity index (χ0n) is 7.84. The van der Waals surface area contributed by atoms with Crippen LogP contribution >= 0.6 is 0 Å². The second kappa shape index (κ2) is 3.46. The summed E-state index contributed by atoms with van der Waals surface area (Å²) in [5, 5.41) is 3.96.